The van der Waals surface area contributed by atoms with Crippen LogP contribution in [0.3, 0.4) is 0 Å². The molecule has 0 rings (SSSR count). The lowest BCUT2D eigenvalue weighted by Gasteiger charge is -2.21. The van der Waals surface area contributed by atoms with Gasteiger partial charge in [0.15, 0.2) is 12.2 Å². The molecule has 0 fully saturated rings. The molecule has 107 heavy (non-hydrogen) atoms. The highest BCUT2D eigenvalue weighted by Crippen LogP contribution is 2.45. The molecule has 0 aliphatic carbocycles. The van der Waals surface area contributed by atoms with Gasteiger partial charge in [-0.1, -0.05) is 420 Å². The summed E-state index contributed by atoms with van der Waals surface area (Å²) in [7, 11) is -9.93. The first-order valence-electron chi connectivity index (χ1n) is 45.5. The summed E-state index contributed by atoms with van der Waals surface area (Å²) in [5.41, 5.74) is 0. The Morgan fingerprint density at radius 3 is 0.636 bits per heavy atom. The molecule has 0 aliphatic rings. The standard InChI is InChI=1S/C88H172O17P2/c1-7-9-11-13-15-17-19-21-23-25-27-29-31-33-35-39-43-47-53-60-66-72-87(92)104-83(76-98-85(90)70-64-58-52-46-42-38-34-32-30-28-26-24-22-20-18-16-14-12-10-8-2)78-102-106(94,95)100-74-82(89)75-101-107(96,97)103-79-84(77-99-86(91)71-65-59-55-49-51-57-63-69-81(5)6)105-88(93)73-67-61-54-48-44-40-36-37-41-45-50-56-62-68-80(3)4/h80-84,89H,7-79H2,1-6H3,(H,94,95)(H,96,97)/t82-,83-,84-/m1/s1. The minimum atomic E-state index is -4.97. The molecule has 2 unspecified atom stereocenters. The van der Waals surface area contributed by atoms with Crippen molar-refractivity contribution < 1.29 is 80.2 Å². The molecule has 0 aromatic heterocycles. The average molecular weight is 1560 g/mol. The van der Waals surface area contributed by atoms with E-state index in [1.165, 1.54) is 283 Å². The first-order valence-corrected chi connectivity index (χ1v) is 48.5. The lowest BCUT2D eigenvalue weighted by molar-refractivity contribution is -0.161. The van der Waals surface area contributed by atoms with Gasteiger partial charge in [-0.2, -0.15) is 0 Å². The number of carbonyl (C=O) groups is 4. The molecular formula is C88H172O17P2. The highest BCUT2D eigenvalue weighted by Gasteiger charge is 2.30. The monoisotopic (exact) mass is 1560 g/mol. The van der Waals surface area contributed by atoms with Crippen molar-refractivity contribution in [1.29, 1.82) is 0 Å². The van der Waals surface area contributed by atoms with Crippen molar-refractivity contribution in [3.63, 3.8) is 0 Å². The third kappa shape index (κ3) is 81.9. The van der Waals surface area contributed by atoms with Crippen LogP contribution in [0.4, 0.5) is 0 Å². The Morgan fingerprint density at radius 1 is 0.252 bits per heavy atom. The second-order valence-electron chi connectivity index (χ2n) is 32.6. The summed E-state index contributed by atoms with van der Waals surface area (Å²) in [6.07, 6.45) is 72.5. The second-order valence-corrected chi connectivity index (χ2v) is 35.5. The van der Waals surface area contributed by atoms with Gasteiger partial charge in [0.25, 0.3) is 0 Å². The molecule has 0 amide bonds. The fourth-order valence-corrected chi connectivity index (χ4v) is 15.4. The van der Waals surface area contributed by atoms with Gasteiger partial charge in [-0.15, -0.1) is 0 Å². The molecule has 0 spiro atoms. The molecule has 0 saturated heterocycles. The van der Waals surface area contributed by atoms with E-state index in [-0.39, 0.29) is 25.7 Å². The van der Waals surface area contributed by atoms with Crippen LogP contribution in [-0.2, 0) is 65.4 Å². The van der Waals surface area contributed by atoms with Crippen molar-refractivity contribution in [1.82, 2.24) is 0 Å². The molecule has 0 bridgehead atoms. The van der Waals surface area contributed by atoms with Gasteiger partial charge in [0.2, 0.25) is 0 Å². The van der Waals surface area contributed by atoms with Crippen molar-refractivity contribution in [3.05, 3.63) is 0 Å². The number of aliphatic hydroxyl groups excluding tert-OH is 1. The number of ether oxygens (including phenoxy) is 4. The van der Waals surface area contributed by atoms with E-state index in [4.69, 9.17) is 37.0 Å². The molecule has 19 heteroatoms. The Bertz CT molecular complexity index is 2050. The molecule has 0 heterocycles. The van der Waals surface area contributed by atoms with Crippen LogP contribution in [0.25, 0.3) is 0 Å². The number of rotatable bonds is 87. The fraction of sp³-hybridized carbons (Fsp3) is 0.955. The third-order valence-electron chi connectivity index (χ3n) is 20.7. The van der Waals surface area contributed by atoms with Crippen molar-refractivity contribution in [3.8, 4) is 0 Å². The van der Waals surface area contributed by atoms with Crippen LogP contribution in [0, 0.1) is 11.8 Å². The van der Waals surface area contributed by atoms with Crippen molar-refractivity contribution >= 4 is 39.5 Å². The lowest BCUT2D eigenvalue weighted by atomic mass is 10.0. The summed E-state index contributed by atoms with van der Waals surface area (Å²) in [6.45, 7) is 9.64. The molecule has 5 atom stereocenters. The number of phosphoric ester groups is 2. The minimum Gasteiger partial charge on any atom is -0.462 e. The Labute approximate surface area is 658 Å². The average Bonchev–Trinajstić information content (AvgIpc) is 0.902. The molecule has 0 radical (unpaired) electrons. The van der Waals surface area contributed by atoms with Crippen LogP contribution >= 0.6 is 15.6 Å². The number of carbonyl (C=O) groups excluding carboxylic acids is 4. The molecule has 636 valence electrons. The van der Waals surface area contributed by atoms with E-state index < -0.39 is 97.5 Å². The van der Waals surface area contributed by atoms with Crippen LogP contribution in [-0.4, -0.2) is 96.7 Å². The first-order chi connectivity index (χ1) is 51.9. The van der Waals surface area contributed by atoms with Crippen molar-refractivity contribution in [2.75, 3.05) is 39.6 Å². The summed E-state index contributed by atoms with van der Waals surface area (Å²) in [5.74, 6) is -0.611. The summed E-state index contributed by atoms with van der Waals surface area (Å²) in [4.78, 5) is 73.3. The minimum absolute atomic E-state index is 0.107. The normalized spacial score (nSPS) is 13.8. The molecular weight excluding hydrogens is 1390 g/mol. The highest BCUT2D eigenvalue weighted by atomic mass is 31.2. The summed E-state index contributed by atoms with van der Waals surface area (Å²) in [5, 5.41) is 10.7. The molecule has 0 aliphatic heterocycles. The Balaban J connectivity index is 5.22. The molecule has 17 nitrogen and oxygen atoms in total. The second kappa shape index (κ2) is 79.3. The van der Waals surface area contributed by atoms with E-state index in [1.807, 2.05) is 0 Å². The van der Waals surface area contributed by atoms with Crippen LogP contribution in [0.2, 0.25) is 0 Å². The van der Waals surface area contributed by atoms with Gasteiger partial charge in [0.1, 0.15) is 19.3 Å². The van der Waals surface area contributed by atoms with E-state index in [0.717, 1.165) is 102 Å². The first kappa shape index (κ1) is 105. The van der Waals surface area contributed by atoms with Gasteiger partial charge < -0.3 is 33.8 Å². The molecule has 0 aromatic carbocycles. The molecule has 3 N–H and O–H groups in total. The van der Waals surface area contributed by atoms with Gasteiger partial charge >= 0.3 is 39.5 Å². The van der Waals surface area contributed by atoms with Crippen LogP contribution in [0.1, 0.15) is 472 Å². The Morgan fingerprint density at radius 2 is 0.430 bits per heavy atom. The number of esters is 4. The Hall–Kier alpha value is -1.94. The maximum Gasteiger partial charge on any atom is 0.472 e. The van der Waals surface area contributed by atoms with Gasteiger partial charge in [-0.25, -0.2) is 9.13 Å². The fourth-order valence-electron chi connectivity index (χ4n) is 13.8. The largest absolute Gasteiger partial charge is 0.472 e. The summed E-state index contributed by atoms with van der Waals surface area (Å²) in [6, 6.07) is 0. The van der Waals surface area contributed by atoms with Gasteiger partial charge in [-0.3, -0.25) is 37.3 Å². The number of aliphatic hydroxyl groups is 1. The summed E-state index contributed by atoms with van der Waals surface area (Å²) >= 11 is 0. The maximum absolute atomic E-state index is 13.2. The van der Waals surface area contributed by atoms with Gasteiger partial charge in [0.05, 0.1) is 26.4 Å². The van der Waals surface area contributed by atoms with E-state index in [1.54, 1.807) is 0 Å². The maximum atomic E-state index is 13.2. The topological polar surface area (TPSA) is 237 Å². The van der Waals surface area contributed by atoms with Crippen molar-refractivity contribution in [2.45, 2.75) is 490 Å². The zero-order chi connectivity index (χ0) is 78.5. The van der Waals surface area contributed by atoms with E-state index in [0.29, 0.717) is 31.6 Å². The van der Waals surface area contributed by atoms with Crippen LogP contribution in [0.5, 0.6) is 0 Å². The number of phosphoric acid groups is 2. The quantitative estimate of drug-likeness (QED) is 0.0222. The van der Waals surface area contributed by atoms with Gasteiger partial charge in [-0.05, 0) is 37.5 Å². The zero-order valence-electron chi connectivity index (χ0n) is 70.5. The number of hydrogen-bond donors (Lipinski definition) is 3. The van der Waals surface area contributed by atoms with E-state index in [2.05, 4.69) is 41.5 Å². The predicted molar refractivity (Wildman–Crippen MR) is 442 cm³/mol. The van der Waals surface area contributed by atoms with Gasteiger partial charge in [0, 0.05) is 25.7 Å². The smallest absolute Gasteiger partial charge is 0.462 e. The van der Waals surface area contributed by atoms with E-state index in [9.17, 15) is 43.2 Å². The zero-order valence-corrected chi connectivity index (χ0v) is 72.2. The van der Waals surface area contributed by atoms with E-state index >= 15 is 0 Å². The lowest BCUT2D eigenvalue weighted by Crippen LogP contribution is -2.30. The highest BCUT2D eigenvalue weighted by molar-refractivity contribution is 7.47. The number of hydrogen-bond acceptors (Lipinski definition) is 15. The predicted octanol–water partition coefficient (Wildman–Crippen LogP) is 27.0. The SMILES string of the molecule is CCCCCCCCCCCCCCCCCCCCCCCC(=O)O[C@H](COC(=O)CCCCCCCCCCCCCCCCCCCCCC)COP(=O)(O)OC[C@@H](O)COP(=O)(O)OC[C@@H](COC(=O)CCCCCCCCCC(C)C)OC(=O)CCCCCCCCCCCCCCCC(C)C. The third-order valence-corrected chi connectivity index (χ3v) is 22.6. The Kier molecular flexibility index (Phi) is 77.9. The van der Waals surface area contributed by atoms with Crippen LogP contribution < -0.4 is 0 Å². The van der Waals surface area contributed by atoms with Crippen LogP contribution in [0.15, 0.2) is 0 Å². The summed E-state index contributed by atoms with van der Waals surface area (Å²) < 4.78 is 68.9. The van der Waals surface area contributed by atoms with Crippen molar-refractivity contribution in [2.24, 2.45) is 11.8 Å². The number of unbranched alkanes of at least 4 members (excludes halogenated alkanes) is 57. The molecule has 0 saturated carbocycles. The molecule has 0 aromatic rings.